The number of amides is 1. The number of benzene rings is 1. The molecule has 2 aromatic rings. The number of H-pyrrole nitrogens is 1. The lowest BCUT2D eigenvalue weighted by Crippen LogP contribution is -2.75. The van der Waals surface area contributed by atoms with Gasteiger partial charge >= 0.3 is 0 Å². The number of para-hydroxylation sites is 1. The molecule has 4 unspecified atom stereocenters. The van der Waals surface area contributed by atoms with Crippen LogP contribution in [0.3, 0.4) is 0 Å². The largest absolute Gasteiger partial charge is 0.382 e. The number of aromatic nitrogens is 1. The van der Waals surface area contributed by atoms with Gasteiger partial charge in [0.25, 0.3) is 0 Å². The molecular formula is C40H55N3O5. The molecule has 1 aliphatic heterocycles. The van der Waals surface area contributed by atoms with Crippen LogP contribution in [0.1, 0.15) is 117 Å². The molecule has 1 aromatic heterocycles. The maximum Gasteiger partial charge on any atom is 0.246 e. The Kier molecular flexibility index (Phi) is 8.02. The molecule has 4 fully saturated rings. The molecule has 0 saturated heterocycles. The quantitative estimate of drug-likeness (QED) is 0.303. The maximum absolute atomic E-state index is 13.9. The van der Waals surface area contributed by atoms with E-state index in [-0.39, 0.29) is 42.7 Å². The summed E-state index contributed by atoms with van der Waals surface area (Å²) in [6.45, 7) is 10.7. The van der Waals surface area contributed by atoms with Gasteiger partial charge in [-0.3, -0.25) is 9.79 Å². The number of aromatic amines is 1. The summed E-state index contributed by atoms with van der Waals surface area (Å²) in [5.41, 5.74) is 2.77. The molecule has 8 heteroatoms. The standard InChI is InChI=1S/C40H55N3O5/c1-24(2)47-39-19-18-37(4)38(5)26(20-30-29-16-10-11-17-31(29)43-36(30)38)21-34(46-23-35(44)42-28-14-8-9-15-28)40(37,45)33(39)22-32(25(3)48-39)41-27-12-6-7-13-27/h10-11,16-17,22,24-28,34,43,45H,6-9,12-15,18-21,23H2,1-5H3,(H,42,44)/b41-32+/t25?,26?,34-,37?,38+,39?,40-/m0/s1. The van der Waals surface area contributed by atoms with Gasteiger partial charge in [0.15, 0.2) is 5.79 Å². The third kappa shape index (κ3) is 4.75. The fraction of sp³-hybridized carbons (Fsp3) is 0.700. The van der Waals surface area contributed by atoms with Gasteiger partial charge in [0.05, 0.1) is 30.1 Å². The summed E-state index contributed by atoms with van der Waals surface area (Å²) in [6.07, 6.45) is 12.8. The Bertz CT molecular complexity index is 1630. The van der Waals surface area contributed by atoms with Crippen LogP contribution in [0.2, 0.25) is 0 Å². The highest BCUT2D eigenvalue weighted by molar-refractivity contribution is 6.00. The van der Waals surface area contributed by atoms with Gasteiger partial charge in [0.2, 0.25) is 5.91 Å². The summed E-state index contributed by atoms with van der Waals surface area (Å²) in [6, 6.07) is 9.06. The van der Waals surface area contributed by atoms with Gasteiger partial charge in [-0.2, -0.15) is 0 Å². The molecule has 0 radical (unpaired) electrons. The number of nitrogens with zero attached hydrogens (tertiary/aromatic N) is 1. The van der Waals surface area contributed by atoms with Crippen LogP contribution < -0.4 is 5.32 Å². The molecule has 8 nitrogen and oxygen atoms in total. The van der Waals surface area contributed by atoms with Crippen molar-refractivity contribution in [1.29, 1.82) is 0 Å². The number of hydrogen-bond donors (Lipinski definition) is 3. The van der Waals surface area contributed by atoms with Crippen LogP contribution in [-0.4, -0.2) is 70.1 Å². The van der Waals surface area contributed by atoms with Crippen LogP contribution in [0, 0.1) is 11.3 Å². The zero-order valence-corrected chi connectivity index (χ0v) is 29.6. The minimum absolute atomic E-state index is 0.0805. The summed E-state index contributed by atoms with van der Waals surface area (Å²) < 4.78 is 20.5. The molecule has 4 saturated carbocycles. The zero-order valence-electron chi connectivity index (χ0n) is 29.6. The molecule has 1 aromatic carbocycles. The first-order valence-electron chi connectivity index (χ1n) is 18.9. The Balaban J connectivity index is 1.27. The first kappa shape index (κ1) is 32.7. The summed E-state index contributed by atoms with van der Waals surface area (Å²) >= 11 is 0. The monoisotopic (exact) mass is 657 g/mol. The number of aliphatic hydroxyl groups is 1. The highest BCUT2D eigenvalue weighted by Crippen LogP contribution is 2.71. The first-order chi connectivity index (χ1) is 23.0. The Morgan fingerprint density at radius 2 is 1.83 bits per heavy atom. The van der Waals surface area contributed by atoms with Gasteiger partial charge < -0.3 is 29.6 Å². The molecule has 7 atom stereocenters. The summed E-state index contributed by atoms with van der Waals surface area (Å²) in [7, 11) is 0. The van der Waals surface area contributed by atoms with E-state index in [1.54, 1.807) is 0 Å². The third-order valence-electron chi connectivity index (χ3n) is 13.6. The van der Waals surface area contributed by atoms with Crippen molar-refractivity contribution < 1.29 is 24.1 Å². The van der Waals surface area contributed by atoms with Gasteiger partial charge in [-0.15, -0.1) is 0 Å². The van der Waals surface area contributed by atoms with E-state index in [0.717, 1.165) is 61.7 Å². The average molecular weight is 658 g/mol. The van der Waals surface area contributed by atoms with Crippen molar-refractivity contribution in [1.82, 2.24) is 10.3 Å². The van der Waals surface area contributed by atoms with E-state index in [2.05, 4.69) is 61.4 Å². The third-order valence-corrected chi connectivity index (χ3v) is 13.6. The van der Waals surface area contributed by atoms with Crippen molar-refractivity contribution >= 4 is 22.5 Å². The lowest BCUT2D eigenvalue weighted by Gasteiger charge is -2.68. The van der Waals surface area contributed by atoms with Crippen molar-refractivity contribution in [3.8, 4) is 0 Å². The van der Waals surface area contributed by atoms with E-state index in [1.165, 1.54) is 29.5 Å². The van der Waals surface area contributed by atoms with Crippen LogP contribution >= 0.6 is 0 Å². The smallest absolute Gasteiger partial charge is 0.246 e. The summed E-state index contributed by atoms with van der Waals surface area (Å²) in [4.78, 5) is 22.4. The number of carbonyl (C=O) groups is 1. The van der Waals surface area contributed by atoms with Crippen molar-refractivity contribution in [2.75, 3.05) is 6.61 Å². The zero-order chi connectivity index (χ0) is 33.5. The van der Waals surface area contributed by atoms with Crippen molar-refractivity contribution in [2.24, 2.45) is 16.3 Å². The number of rotatable bonds is 7. The molecule has 2 heterocycles. The molecule has 3 N–H and O–H groups in total. The van der Waals surface area contributed by atoms with Crippen LogP contribution in [0.25, 0.3) is 10.9 Å². The van der Waals surface area contributed by atoms with Gasteiger partial charge in [-0.25, -0.2) is 0 Å². The summed E-state index contributed by atoms with van der Waals surface area (Å²) in [5.74, 6) is -0.990. The SMILES string of the molecule is CC(C)OC12CCC3(C)[C@@]4(C)c5[nH]c6ccccc6c5CC4C[C@H](OCC(=O)NC4CCCC4)[C@@]3(O)C1=C/C(=N\C1CCCC1)C(C)O2. The second-order valence-electron chi connectivity index (χ2n) is 16.5. The predicted molar refractivity (Wildman–Crippen MR) is 187 cm³/mol. The van der Waals surface area contributed by atoms with E-state index in [0.29, 0.717) is 19.3 Å². The lowest BCUT2D eigenvalue weighted by molar-refractivity contribution is -0.311. The molecule has 6 aliphatic rings. The van der Waals surface area contributed by atoms with Crippen LogP contribution in [0.15, 0.2) is 40.9 Å². The van der Waals surface area contributed by atoms with Crippen LogP contribution in [-0.2, 0) is 30.8 Å². The molecule has 0 spiro atoms. The van der Waals surface area contributed by atoms with Gasteiger partial charge in [-0.05, 0) is 89.3 Å². The molecule has 1 amide bonds. The van der Waals surface area contributed by atoms with Crippen molar-refractivity contribution in [2.45, 2.75) is 159 Å². The second-order valence-corrected chi connectivity index (χ2v) is 16.5. The molecule has 48 heavy (non-hydrogen) atoms. The number of ether oxygens (including phenoxy) is 3. The number of aliphatic imine (C=N–C) groups is 1. The highest BCUT2D eigenvalue weighted by Gasteiger charge is 2.76. The van der Waals surface area contributed by atoms with E-state index >= 15 is 0 Å². The molecule has 8 rings (SSSR count). The Labute approximate surface area is 285 Å². The van der Waals surface area contributed by atoms with Crippen LogP contribution in [0.4, 0.5) is 0 Å². The fourth-order valence-electron chi connectivity index (χ4n) is 11.1. The fourth-order valence-corrected chi connectivity index (χ4v) is 11.1. The summed E-state index contributed by atoms with van der Waals surface area (Å²) in [5, 5.41) is 18.4. The second kappa shape index (κ2) is 11.8. The maximum atomic E-state index is 13.9. The molecule has 0 bridgehead atoms. The van der Waals surface area contributed by atoms with Crippen molar-refractivity contribution in [3.05, 3.63) is 47.2 Å². The number of fused-ring (bicyclic) bond motifs is 9. The van der Waals surface area contributed by atoms with E-state index in [9.17, 15) is 9.90 Å². The first-order valence-corrected chi connectivity index (χ1v) is 18.9. The molecule has 260 valence electrons. The van der Waals surface area contributed by atoms with Gasteiger partial charge in [0.1, 0.15) is 12.2 Å². The van der Waals surface area contributed by atoms with Crippen LogP contribution in [0.5, 0.6) is 0 Å². The number of carbonyl (C=O) groups excluding carboxylic acids is 1. The predicted octanol–water partition coefficient (Wildman–Crippen LogP) is 6.83. The topological polar surface area (TPSA) is 105 Å². The normalized spacial score (nSPS) is 39.0. The Hall–Kier alpha value is -2.52. The highest BCUT2D eigenvalue weighted by atomic mass is 16.7. The van der Waals surface area contributed by atoms with E-state index in [4.69, 9.17) is 19.2 Å². The van der Waals surface area contributed by atoms with Gasteiger partial charge in [0, 0.05) is 45.5 Å². The molecule has 5 aliphatic carbocycles. The van der Waals surface area contributed by atoms with Gasteiger partial charge in [-0.1, -0.05) is 57.7 Å². The Morgan fingerprint density at radius 3 is 2.58 bits per heavy atom. The molecular weight excluding hydrogens is 602 g/mol. The minimum atomic E-state index is -1.49. The lowest BCUT2D eigenvalue weighted by atomic mass is 9.41. The average Bonchev–Trinajstić information content (AvgIpc) is 3.86. The van der Waals surface area contributed by atoms with E-state index in [1.807, 2.05) is 13.8 Å². The van der Waals surface area contributed by atoms with Crippen molar-refractivity contribution in [3.63, 3.8) is 0 Å². The minimum Gasteiger partial charge on any atom is -0.382 e. The van der Waals surface area contributed by atoms with E-state index < -0.39 is 28.3 Å². The number of nitrogens with one attached hydrogen (secondary N) is 2. The number of hydrogen-bond acceptors (Lipinski definition) is 6. The Morgan fingerprint density at radius 1 is 1.10 bits per heavy atom.